The fourth-order valence-corrected chi connectivity index (χ4v) is 6.24. The first-order chi connectivity index (χ1) is 16.3. The van der Waals surface area contributed by atoms with E-state index in [-0.39, 0.29) is 18.3 Å². The highest BCUT2D eigenvalue weighted by Gasteiger charge is 2.47. The number of primary amides is 1. The van der Waals surface area contributed by atoms with Gasteiger partial charge in [0, 0.05) is 29.0 Å². The molecule has 1 fully saturated rings. The quantitative estimate of drug-likeness (QED) is 0.547. The highest BCUT2D eigenvalue weighted by Crippen LogP contribution is 2.35. The summed E-state index contributed by atoms with van der Waals surface area (Å²) >= 11 is 0. The number of fused-ring (bicyclic) bond motifs is 1. The molecule has 4 atom stereocenters. The molecule has 0 aromatic heterocycles. The molecule has 10 heteroatoms. The molecular formula is C24H29N4O5S+. The van der Waals surface area contributed by atoms with E-state index < -0.39 is 28.9 Å². The van der Waals surface area contributed by atoms with Gasteiger partial charge in [-0.15, -0.1) is 0 Å². The molecule has 3 N–H and O–H groups in total. The number of carboxylic acids is 1. The number of ether oxygens (including phenoxy) is 1. The molecule has 2 unspecified atom stereocenters. The first kappa shape index (κ1) is 24.0. The van der Waals surface area contributed by atoms with Gasteiger partial charge in [0.25, 0.3) is 0 Å². The van der Waals surface area contributed by atoms with Crippen molar-refractivity contribution < 1.29 is 28.3 Å². The molecule has 2 aliphatic heterocycles. The Kier molecular flexibility index (Phi) is 7.08. The highest BCUT2D eigenvalue weighted by atomic mass is 32.2. The second-order valence-electron chi connectivity index (χ2n) is 8.55. The Morgan fingerprint density at radius 2 is 2.09 bits per heavy atom. The van der Waals surface area contributed by atoms with Gasteiger partial charge in [0.05, 0.1) is 30.3 Å². The summed E-state index contributed by atoms with van der Waals surface area (Å²) in [7, 11) is -1.51. The number of rotatable bonds is 8. The van der Waals surface area contributed by atoms with E-state index in [0.717, 1.165) is 21.9 Å². The first-order valence-corrected chi connectivity index (χ1v) is 12.4. The van der Waals surface area contributed by atoms with Crippen molar-refractivity contribution in [2.24, 2.45) is 22.7 Å². The summed E-state index contributed by atoms with van der Waals surface area (Å²) in [5, 5.41) is 13.8. The Hall–Kier alpha value is -3.11. The minimum Gasteiger partial charge on any atom is -0.498 e. The fourth-order valence-electron chi connectivity index (χ4n) is 4.66. The van der Waals surface area contributed by atoms with E-state index in [1.165, 1.54) is 0 Å². The van der Waals surface area contributed by atoms with E-state index in [0.29, 0.717) is 31.7 Å². The number of nitrogens with zero attached hydrogens (tertiary/aromatic N) is 3. The van der Waals surface area contributed by atoms with Crippen LogP contribution in [0.3, 0.4) is 0 Å². The number of carbonyl (C=O) groups excluding carboxylic acids is 1. The van der Waals surface area contributed by atoms with Crippen LogP contribution in [0.2, 0.25) is 0 Å². The third-order valence-corrected chi connectivity index (χ3v) is 7.94. The zero-order valence-electron chi connectivity index (χ0n) is 19.2. The number of carbonyl (C=O) groups is 2. The first-order valence-electron chi connectivity index (χ1n) is 11.3. The van der Waals surface area contributed by atoms with Gasteiger partial charge in [0.2, 0.25) is 11.6 Å². The number of hydrazone groups is 1. The van der Waals surface area contributed by atoms with Crippen LogP contribution in [0.5, 0.6) is 0 Å². The summed E-state index contributed by atoms with van der Waals surface area (Å²) in [6.45, 7) is 4.79. The molecular weight excluding hydrogens is 456 g/mol. The Labute approximate surface area is 200 Å². The zero-order chi connectivity index (χ0) is 24.4. The van der Waals surface area contributed by atoms with Crippen molar-refractivity contribution in [1.29, 1.82) is 0 Å². The molecule has 0 bridgehead atoms. The Morgan fingerprint density at radius 1 is 1.32 bits per heavy atom. The number of amides is 1. The van der Waals surface area contributed by atoms with Crippen molar-refractivity contribution in [1.82, 2.24) is 4.31 Å². The van der Waals surface area contributed by atoms with E-state index in [1.54, 1.807) is 8.99 Å². The van der Waals surface area contributed by atoms with E-state index in [4.69, 9.17) is 10.5 Å². The molecule has 0 spiro atoms. The van der Waals surface area contributed by atoms with Crippen LogP contribution in [0.15, 0.2) is 52.2 Å². The smallest absolute Gasteiger partial charge is 0.309 e. The predicted octanol–water partition coefficient (Wildman–Crippen LogP) is 2.28. The molecule has 1 saturated heterocycles. The Balaban J connectivity index is 1.62. The van der Waals surface area contributed by atoms with E-state index in [2.05, 4.69) is 5.10 Å². The highest BCUT2D eigenvalue weighted by molar-refractivity contribution is 7.86. The second-order valence-corrected chi connectivity index (χ2v) is 10.0. The van der Waals surface area contributed by atoms with Crippen LogP contribution in [0.1, 0.15) is 38.7 Å². The average Bonchev–Trinajstić information content (AvgIpc) is 3.31. The van der Waals surface area contributed by atoms with Crippen LogP contribution in [0.25, 0.3) is 0 Å². The van der Waals surface area contributed by atoms with Gasteiger partial charge in [-0.1, -0.05) is 23.7 Å². The van der Waals surface area contributed by atoms with E-state index in [9.17, 15) is 18.9 Å². The topological polar surface area (TPSA) is 125 Å². The van der Waals surface area contributed by atoms with Gasteiger partial charge in [-0.2, -0.15) is 0 Å². The standard InChI is InChI=1S/C24H28N4O5S/c1-3-33-17-8-10-18(11-9-17)34(32)28-14-16(15(2)23(28)24(25)31)13-27-21-7-5-4-6-19(21)20(26-27)12-22(29)30/h4-8,10,13,15-16,23H,3,9,11-12,14H2,1-2H3,(H2-,25,29,30,31)/p+1/b27-13+/t15-,16?,23-,34?/m1/s1. The number of hydrogen-bond acceptors (Lipinski definition) is 5. The van der Waals surface area contributed by atoms with Crippen LogP contribution >= 0.6 is 0 Å². The lowest BCUT2D eigenvalue weighted by atomic mass is 9.93. The SMILES string of the molecule is CCOC1=CC=C(S(=O)N2CC(/C=[N+]3/N=C(CC(=O)O)c4ccccc43)[C@@H](C)[C@@H]2C(N)=O)CC1. The van der Waals surface area contributed by atoms with Gasteiger partial charge in [-0.05, 0) is 37.5 Å². The number of nitrogens with two attached hydrogens (primary N) is 1. The van der Waals surface area contributed by atoms with Crippen molar-refractivity contribution >= 4 is 40.5 Å². The van der Waals surface area contributed by atoms with Gasteiger partial charge in [-0.25, -0.2) is 8.51 Å². The van der Waals surface area contributed by atoms with Gasteiger partial charge in [-0.3, -0.25) is 9.59 Å². The largest absolute Gasteiger partial charge is 0.498 e. The van der Waals surface area contributed by atoms with Crippen molar-refractivity contribution in [2.45, 2.75) is 39.2 Å². The predicted molar refractivity (Wildman–Crippen MR) is 129 cm³/mol. The zero-order valence-corrected chi connectivity index (χ0v) is 20.0. The summed E-state index contributed by atoms with van der Waals surface area (Å²) < 4.78 is 22.3. The molecule has 180 valence electrons. The molecule has 1 amide bonds. The van der Waals surface area contributed by atoms with Crippen LogP contribution < -0.4 is 5.73 Å². The third kappa shape index (κ3) is 4.74. The number of allylic oxidation sites excluding steroid dienone is 4. The van der Waals surface area contributed by atoms with Gasteiger partial charge < -0.3 is 15.6 Å². The monoisotopic (exact) mass is 485 g/mol. The van der Waals surface area contributed by atoms with Crippen LogP contribution in [-0.2, 0) is 25.3 Å². The van der Waals surface area contributed by atoms with Crippen molar-refractivity contribution in [3.63, 3.8) is 0 Å². The van der Waals surface area contributed by atoms with Gasteiger partial charge in [0.1, 0.15) is 22.7 Å². The molecule has 34 heavy (non-hydrogen) atoms. The van der Waals surface area contributed by atoms with Crippen molar-refractivity contribution in [2.75, 3.05) is 13.2 Å². The third-order valence-electron chi connectivity index (χ3n) is 6.35. The fraction of sp³-hybridized carbons (Fsp3) is 0.417. The summed E-state index contributed by atoms with van der Waals surface area (Å²) in [6.07, 6.45) is 6.59. The summed E-state index contributed by atoms with van der Waals surface area (Å²) in [5.41, 5.74) is 7.77. The maximum absolute atomic E-state index is 13.5. The number of benzene rings is 1. The van der Waals surface area contributed by atoms with Crippen LogP contribution in [0.4, 0.5) is 5.69 Å². The van der Waals surface area contributed by atoms with Crippen molar-refractivity contribution in [3.8, 4) is 0 Å². The molecule has 0 radical (unpaired) electrons. The van der Waals surface area contributed by atoms with Gasteiger partial charge >= 0.3 is 5.97 Å². The average molecular weight is 486 g/mol. The number of para-hydroxylation sites is 1. The Bertz CT molecular complexity index is 1160. The molecule has 2 heterocycles. The normalized spacial score (nSPS) is 26.5. The van der Waals surface area contributed by atoms with Crippen LogP contribution in [-0.4, -0.2) is 61.3 Å². The molecule has 1 aromatic carbocycles. The second kappa shape index (κ2) is 10.0. The molecule has 0 saturated carbocycles. The molecule has 1 aromatic rings. The molecule has 9 nitrogen and oxygen atoms in total. The summed E-state index contributed by atoms with van der Waals surface area (Å²) in [5.74, 6) is -0.983. The lowest BCUT2D eigenvalue weighted by Gasteiger charge is -2.25. The van der Waals surface area contributed by atoms with Crippen LogP contribution in [0, 0.1) is 11.8 Å². The number of carboxylic acid groups (broad SMARTS) is 1. The molecule has 4 rings (SSSR count). The molecule has 1 aliphatic carbocycles. The van der Waals surface area contributed by atoms with Crippen molar-refractivity contribution in [3.05, 3.63) is 52.6 Å². The maximum atomic E-state index is 13.5. The molecule has 3 aliphatic rings. The Morgan fingerprint density at radius 3 is 2.74 bits per heavy atom. The minimum absolute atomic E-state index is 0.166. The van der Waals surface area contributed by atoms with E-state index in [1.807, 2.05) is 56.5 Å². The maximum Gasteiger partial charge on any atom is 0.309 e. The lowest BCUT2D eigenvalue weighted by molar-refractivity contribution is -0.438. The number of hydrogen-bond donors (Lipinski definition) is 2. The van der Waals surface area contributed by atoms with Gasteiger partial charge in [0.15, 0.2) is 6.21 Å². The lowest BCUT2D eigenvalue weighted by Crippen LogP contribution is -2.44. The van der Waals surface area contributed by atoms with E-state index >= 15 is 0 Å². The summed E-state index contributed by atoms with van der Waals surface area (Å²) in [6, 6.07) is 6.73. The minimum atomic E-state index is -1.51. The number of aliphatic carboxylic acids is 1. The summed E-state index contributed by atoms with van der Waals surface area (Å²) in [4.78, 5) is 24.4.